The van der Waals surface area contributed by atoms with Gasteiger partial charge in [-0.25, -0.2) is 4.79 Å². The Morgan fingerprint density at radius 1 is 1.11 bits per heavy atom. The van der Waals surface area contributed by atoms with Crippen molar-refractivity contribution >= 4 is 31.3 Å². The van der Waals surface area contributed by atoms with Gasteiger partial charge in [-0.05, 0) is 91.0 Å². The van der Waals surface area contributed by atoms with Gasteiger partial charge in [-0.1, -0.05) is 26.8 Å². The fourth-order valence-electron chi connectivity index (χ4n) is 4.71. The van der Waals surface area contributed by atoms with E-state index in [0.29, 0.717) is 17.2 Å². The molecule has 4 rings (SSSR count). The molecule has 1 aliphatic rings. The zero-order valence-corrected chi connectivity index (χ0v) is 24.8. The number of aryl methyl sites for hydroxylation is 1. The number of fused-ring (bicyclic) bond motifs is 1. The summed E-state index contributed by atoms with van der Waals surface area (Å²) in [5.41, 5.74) is 6.30. The molecule has 0 spiro atoms. The maximum Gasteiger partial charge on any atom is 0.340 e. The lowest BCUT2D eigenvalue weighted by Gasteiger charge is -2.36. The number of rotatable bonds is 8. The Hall–Kier alpha value is -3.32. The average molecular weight is 532 g/mol. The number of hydrogen-bond donors (Lipinski definition) is 1. The molecule has 1 atom stereocenters. The van der Waals surface area contributed by atoms with E-state index in [2.05, 4.69) is 98.6 Å². The fraction of sp³-hybridized carbons (Fsp3) is 0.419. The number of methoxy groups -OCH3 is 1. The third-order valence-electron chi connectivity index (χ3n) is 8.12. The van der Waals surface area contributed by atoms with Crippen LogP contribution in [-0.2, 0) is 11.2 Å². The lowest BCUT2D eigenvalue weighted by Crippen LogP contribution is -2.43. The van der Waals surface area contributed by atoms with Crippen molar-refractivity contribution in [2.75, 3.05) is 30.9 Å². The Bertz CT molecular complexity index is 1270. The number of carbonyl (C=O) groups is 1. The van der Waals surface area contributed by atoms with E-state index in [1.54, 1.807) is 18.5 Å². The molecule has 3 aromatic rings. The first-order valence-corrected chi connectivity index (χ1v) is 16.3. The first-order valence-electron chi connectivity index (χ1n) is 13.4. The highest BCUT2D eigenvalue weighted by molar-refractivity contribution is 6.74. The Morgan fingerprint density at radius 2 is 1.82 bits per heavy atom. The molecule has 0 fully saturated rings. The predicted octanol–water partition coefficient (Wildman–Crippen LogP) is 7.55. The standard InChI is InChI=1S/C31H41N3O3Si/c1-31(2,3)38(6,7)37-26-14-11-24(12-15-26)34(4)25-13-16-27-22(19-25)9-8-10-23(27)20-33-29-21-32-18-17-28(29)30(35)36-5/h11-19,21,23,33H,8-10,20H2,1-7H3/t23-/m0/s1. The minimum Gasteiger partial charge on any atom is -0.544 e. The van der Waals surface area contributed by atoms with Gasteiger partial charge in [0.2, 0.25) is 8.32 Å². The first-order chi connectivity index (χ1) is 18.0. The first kappa shape index (κ1) is 27.7. The maximum atomic E-state index is 12.1. The van der Waals surface area contributed by atoms with Crippen molar-refractivity contribution in [3.05, 3.63) is 77.6 Å². The largest absolute Gasteiger partial charge is 0.544 e. The van der Waals surface area contributed by atoms with Gasteiger partial charge in [0.25, 0.3) is 0 Å². The lowest BCUT2D eigenvalue weighted by atomic mass is 9.82. The summed E-state index contributed by atoms with van der Waals surface area (Å²) in [5, 5.41) is 3.62. The third kappa shape index (κ3) is 6.04. The molecule has 7 heteroatoms. The molecule has 1 heterocycles. The molecular formula is C31H41N3O3Si. The van der Waals surface area contributed by atoms with Gasteiger partial charge in [-0.2, -0.15) is 0 Å². The van der Waals surface area contributed by atoms with Crippen LogP contribution in [0.3, 0.4) is 0 Å². The van der Waals surface area contributed by atoms with Gasteiger partial charge in [0.1, 0.15) is 5.75 Å². The average Bonchev–Trinajstić information content (AvgIpc) is 2.90. The zero-order valence-electron chi connectivity index (χ0n) is 23.8. The van der Waals surface area contributed by atoms with Crippen LogP contribution in [0.1, 0.15) is 61.0 Å². The van der Waals surface area contributed by atoms with Gasteiger partial charge in [0.05, 0.1) is 24.6 Å². The number of anilines is 3. The molecule has 0 aliphatic heterocycles. The number of nitrogens with one attached hydrogen (secondary N) is 1. The van der Waals surface area contributed by atoms with Crippen molar-refractivity contribution in [2.24, 2.45) is 0 Å². The van der Waals surface area contributed by atoms with Crippen LogP contribution >= 0.6 is 0 Å². The number of esters is 1. The van der Waals surface area contributed by atoms with Gasteiger partial charge in [-0.15, -0.1) is 0 Å². The van der Waals surface area contributed by atoms with E-state index in [9.17, 15) is 4.79 Å². The lowest BCUT2D eigenvalue weighted by molar-refractivity contribution is 0.0601. The summed E-state index contributed by atoms with van der Waals surface area (Å²) in [6.45, 7) is 12.1. The molecule has 2 aromatic carbocycles. The van der Waals surface area contributed by atoms with Crippen LogP contribution in [0.15, 0.2) is 60.9 Å². The van der Waals surface area contributed by atoms with E-state index < -0.39 is 8.32 Å². The Labute approximate surface area is 228 Å². The van der Waals surface area contributed by atoms with Crippen LogP contribution in [0.4, 0.5) is 17.1 Å². The molecule has 1 N–H and O–H groups in total. The molecule has 0 amide bonds. The Balaban J connectivity index is 1.46. The predicted molar refractivity (Wildman–Crippen MR) is 159 cm³/mol. The maximum absolute atomic E-state index is 12.1. The molecule has 1 aromatic heterocycles. The molecule has 0 saturated heterocycles. The normalized spacial score (nSPS) is 15.4. The quantitative estimate of drug-likeness (QED) is 0.239. The highest BCUT2D eigenvalue weighted by atomic mass is 28.4. The second-order valence-electron chi connectivity index (χ2n) is 11.7. The minimum absolute atomic E-state index is 0.167. The molecule has 202 valence electrons. The van der Waals surface area contributed by atoms with E-state index in [1.165, 1.54) is 23.9 Å². The van der Waals surface area contributed by atoms with Crippen LogP contribution in [0.25, 0.3) is 0 Å². The monoisotopic (exact) mass is 531 g/mol. The van der Waals surface area contributed by atoms with E-state index in [-0.39, 0.29) is 11.0 Å². The number of nitrogens with zero attached hydrogens (tertiary/aromatic N) is 2. The van der Waals surface area contributed by atoms with Crippen LogP contribution < -0.4 is 14.6 Å². The molecule has 0 bridgehead atoms. The van der Waals surface area contributed by atoms with Gasteiger partial charge in [-0.3, -0.25) is 4.98 Å². The second kappa shape index (κ2) is 11.2. The summed E-state index contributed by atoms with van der Waals surface area (Å²) in [4.78, 5) is 18.5. The minimum atomic E-state index is -1.86. The van der Waals surface area contributed by atoms with Crippen molar-refractivity contribution in [1.82, 2.24) is 4.98 Å². The molecular weight excluding hydrogens is 490 g/mol. The Morgan fingerprint density at radius 3 is 2.50 bits per heavy atom. The second-order valence-corrected chi connectivity index (χ2v) is 16.4. The van der Waals surface area contributed by atoms with Crippen molar-refractivity contribution in [1.29, 1.82) is 0 Å². The van der Waals surface area contributed by atoms with Gasteiger partial charge < -0.3 is 19.4 Å². The van der Waals surface area contributed by atoms with E-state index in [1.807, 2.05) is 0 Å². The Kier molecular flexibility index (Phi) is 8.16. The number of ether oxygens (including phenoxy) is 1. The van der Waals surface area contributed by atoms with E-state index >= 15 is 0 Å². The van der Waals surface area contributed by atoms with Crippen molar-refractivity contribution < 1.29 is 14.0 Å². The highest BCUT2D eigenvalue weighted by Gasteiger charge is 2.39. The van der Waals surface area contributed by atoms with Crippen LogP contribution in [0.2, 0.25) is 18.1 Å². The molecule has 0 radical (unpaired) electrons. The van der Waals surface area contributed by atoms with Crippen molar-refractivity contribution in [3.63, 3.8) is 0 Å². The highest BCUT2D eigenvalue weighted by Crippen LogP contribution is 2.39. The van der Waals surface area contributed by atoms with Gasteiger partial charge in [0.15, 0.2) is 0 Å². The number of carbonyl (C=O) groups excluding carboxylic acids is 1. The number of pyridine rings is 1. The van der Waals surface area contributed by atoms with Crippen LogP contribution in [0, 0.1) is 0 Å². The van der Waals surface area contributed by atoms with Crippen LogP contribution in [-0.4, -0.2) is 40.0 Å². The summed E-state index contributed by atoms with van der Waals surface area (Å²) in [6.07, 6.45) is 6.63. The SMILES string of the molecule is COC(=O)c1ccncc1NC[C@@H]1CCCc2cc(N(C)c3ccc(O[Si](C)(C)C(C)(C)C)cc3)ccc21. The molecule has 6 nitrogen and oxygen atoms in total. The van der Waals surface area contributed by atoms with E-state index in [4.69, 9.17) is 9.16 Å². The van der Waals surface area contributed by atoms with Crippen molar-refractivity contribution in [3.8, 4) is 5.75 Å². The molecule has 1 aliphatic carbocycles. The summed E-state index contributed by atoms with van der Waals surface area (Å²) < 4.78 is 11.4. The molecule has 0 unspecified atom stereocenters. The third-order valence-corrected chi connectivity index (χ3v) is 12.5. The van der Waals surface area contributed by atoms with E-state index in [0.717, 1.165) is 37.2 Å². The number of hydrogen-bond acceptors (Lipinski definition) is 6. The smallest absolute Gasteiger partial charge is 0.340 e. The summed E-state index contributed by atoms with van der Waals surface area (Å²) in [6, 6.07) is 17.0. The fourth-order valence-corrected chi connectivity index (χ4v) is 5.74. The van der Waals surface area contributed by atoms with Gasteiger partial charge in [0, 0.05) is 37.1 Å². The summed E-state index contributed by atoms with van der Waals surface area (Å²) in [5.74, 6) is 0.959. The molecule has 0 saturated carbocycles. The van der Waals surface area contributed by atoms with Gasteiger partial charge >= 0.3 is 5.97 Å². The van der Waals surface area contributed by atoms with Crippen LogP contribution in [0.5, 0.6) is 5.75 Å². The summed E-state index contributed by atoms with van der Waals surface area (Å²) >= 11 is 0. The van der Waals surface area contributed by atoms with Crippen molar-refractivity contribution in [2.45, 2.75) is 64.1 Å². The number of aromatic nitrogens is 1. The topological polar surface area (TPSA) is 63.7 Å². The number of benzene rings is 2. The summed E-state index contributed by atoms with van der Waals surface area (Å²) in [7, 11) is 1.65. The molecule has 38 heavy (non-hydrogen) atoms. The zero-order chi connectivity index (χ0) is 27.5.